The van der Waals surface area contributed by atoms with Crippen LogP contribution in [-0.4, -0.2) is 35.9 Å². The third kappa shape index (κ3) is 2.23. The van der Waals surface area contributed by atoms with Gasteiger partial charge in [-0.3, -0.25) is 9.79 Å². The molecule has 4 rings (SSSR count). The van der Waals surface area contributed by atoms with E-state index in [2.05, 4.69) is 28.7 Å². The first-order valence-corrected chi connectivity index (χ1v) is 7.71. The van der Waals surface area contributed by atoms with Gasteiger partial charge in [0.2, 0.25) is 5.91 Å². The fourth-order valence-corrected chi connectivity index (χ4v) is 4.16. The molecular weight excluding hydrogens is 300 g/mol. The maximum absolute atomic E-state index is 12.3. The fourth-order valence-electron chi connectivity index (χ4n) is 4.16. The van der Waals surface area contributed by atoms with Crippen molar-refractivity contribution in [3.05, 3.63) is 23.8 Å². The molecule has 1 N–H and O–H groups in total. The first-order chi connectivity index (χ1) is 10.1. The topological polar surface area (TPSA) is 49.5 Å². The number of halogens is 1. The largest absolute Gasteiger partial charge is 1.00 e. The van der Waals surface area contributed by atoms with Crippen molar-refractivity contribution in [3.63, 3.8) is 0 Å². The van der Waals surface area contributed by atoms with Gasteiger partial charge in [-0.05, 0) is 18.3 Å². The highest BCUT2D eigenvalue weighted by Crippen LogP contribution is 2.44. The SMILES string of the molecule is CC1(C)CC(=O)N2CC(C3=C4C=NC=C[NH+]4C=N3)CCC21.[Cl-]. The summed E-state index contributed by atoms with van der Waals surface area (Å²) in [7, 11) is 0. The zero-order valence-electron chi connectivity index (χ0n) is 12.9. The number of quaternary nitrogens is 1. The summed E-state index contributed by atoms with van der Waals surface area (Å²) in [5, 5.41) is 0. The molecule has 4 heterocycles. The summed E-state index contributed by atoms with van der Waals surface area (Å²) in [6, 6.07) is 0.403. The number of rotatable bonds is 1. The molecule has 0 aromatic carbocycles. The fraction of sp³-hybridized carbons (Fsp3) is 0.562. The molecule has 0 radical (unpaired) electrons. The van der Waals surface area contributed by atoms with Crippen molar-refractivity contribution in [1.29, 1.82) is 0 Å². The lowest BCUT2D eigenvalue weighted by Gasteiger charge is -2.39. The molecule has 1 amide bonds. The third-order valence-corrected chi connectivity index (χ3v) is 5.27. The molecule has 2 fully saturated rings. The van der Waals surface area contributed by atoms with Crippen molar-refractivity contribution in [2.24, 2.45) is 21.3 Å². The number of hydrogen-bond acceptors (Lipinski definition) is 3. The number of allylic oxidation sites excluding steroid dienone is 1. The molecule has 2 saturated heterocycles. The highest BCUT2D eigenvalue weighted by molar-refractivity contribution is 5.82. The van der Waals surface area contributed by atoms with E-state index in [1.54, 1.807) is 6.20 Å². The van der Waals surface area contributed by atoms with Gasteiger partial charge in [0.15, 0.2) is 12.0 Å². The Morgan fingerprint density at radius 3 is 3.00 bits per heavy atom. The molecule has 3 unspecified atom stereocenters. The molecule has 3 atom stereocenters. The third-order valence-electron chi connectivity index (χ3n) is 5.27. The van der Waals surface area contributed by atoms with Crippen molar-refractivity contribution in [2.45, 2.75) is 39.2 Å². The molecule has 5 nitrogen and oxygen atoms in total. The average Bonchev–Trinajstić information content (AvgIpc) is 2.98. The van der Waals surface area contributed by atoms with Gasteiger partial charge in [0, 0.05) is 24.9 Å². The number of carbonyl (C=O) groups is 1. The molecule has 4 aliphatic rings. The molecule has 0 saturated carbocycles. The molecule has 0 aromatic heterocycles. The summed E-state index contributed by atoms with van der Waals surface area (Å²) >= 11 is 0. The van der Waals surface area contributed by atoms with E-state index in [0.717, 1.165) is 35.7 Å². The predicted molar refractivity (Wildman–Crippen MR) is 80.7 cm³/mol. The Hall–Kier alpha value is -1.46. The first kappa shape index (κ1) is 15.4. The van der Waals surface area contributed by atoms with Crippen LogP contribution in [0.5, 0.6) is 0 Å². The van der Waals surface area contributed by atoms with Crippen LogP contribution >= 0.6 is 0 Å². The number of nitrogens with one attached hydrogen (secondary N) is 1. The van der Waals surface area contributed by atoms with E-state index in [-0.39, 0.29) is 17.8 Å². The van der Waals surface area contributed by atoms with Gasteiger partial charge >= 0.3 is 0 Å². The van der Waals surface area contributed by atoms with Gasteiger partial charge in [-0.15, -0.1) is 0 Å². The van der Waals surface area contributed by atoms with Gasteiger partial charge in [0.1, 0.15) is 11.9 Å². The van der Waals surface area contributed by atoms with Gasteiger partial charge in [-0.1, -0.05) is 13.8 Å². The molecule has 0 aromatic rings. The first-order valence-electron chi connectivity index (χ1n) is 7.71. The number of fused-ring (bicyclic) bond motifs is 2. The number of nitrogens with zero attached hydrogens (tertiary/aromatic N) is 3. The normalized spacial score (nSPS) is 34.7. The summed E-state index contributed by atoms with van der Waals surface area (Å²) in [6.45, 7) is 5.25. The van der Waals surface area contributed by atoms with Gasteiger partial charge in [-0.2, -0.15) is 0 Å². The van der Waals surface area contributed by atoms with E-state index in [1.165, 1.54) is 0 Å². The Kier molecular flexibility index (Phi) is 3.73. The second kappa shape index (κ2) is 5.32. The summed E-state index contributed by atoms with van der Waals surface area (Å²) < 4.78 is 0. The molecule has 4 aliphatic heterocycles. The Labute approximate surface area is 136 Å². The minimum absolute atomic E-state index is 0. The molecular formula is C16H21ClN4O. The van der Waals surface area contributed by atoms with Crippen LogP contribution < -0.4 is 17.3 Å². The Balaban J connectivity index is 0.00000144. The van der Waals surface area contributed by atoms with Gasteiger partial charge in [0.05, 0.1) is 12.4 Å². The van der Waals surface area contributed by atoms with Crippen LogP contribution in [0.15, 0.2) is 33.8 Å². The molecule has 22 heavy (non-hydrogen) atoms. The summed E-state index contributed by atoms with van der Waals surface area (Å²) in [5.41, 5.74) is 2.38. The second-order valence-corrected chi connectivity index (χ2v) is 7.11. The predicted octanol–water partition coefficient (Wildman–Crippen LogP) is -2.28. The molecule has 118 valence electrons. The van der Waals surface area contributed by atoms with Gasteiger partial charge in [-0.25, -0.2) is 9.89 Å². The Bertz CT molecular complexity index is 620. The van der Waals surface area contributed by atoms with Crippen LogP contribution in [0.1, 0.15) is 33.1 Å². The van der Waals surface area contributed by atoms with E-state index >= 15 is 0 Å². The van der Waals surface area contributed by atoms with Crippen molar-refractivity contribution in [3.8, 4) is 0 Å². The van der Waals surface area contributed by atoms with E-state index < -0.39 is 0 Å². The van der Waals surface area contributed by atoms with Crippen LogP contribution in [0, 0.1) is 11.3 Å². The molecule has 6 heteroatoms. The van der Waals surface area contributed by atoms with Gasteiger partial charge in [0.25, 0.3) is 0 Å². The molecule has 0 aliphatic carbocycles. The van der Waals surface area contributed by atoms with Crippen molar-refractivity contribution in [2.75, 3.05) is 6.54 Å². The monoisotopic (exact) mass is 320 g/mol. The Morgan fingerprint density at radius 1 is 1.36 bits per heavy atom. The van der Waals surface area contributed by atoms with Crippen LogP contribution in [0.4, 0.5) is 0 Å². The van der Waals surface area contributed by atoms with Gasteiger partial charge < -0.3 is 17.3 Å². The zero-order chi connectivity index (χ0) is 14.6. The number of amides is 1. The smallest absolute Gasteiger partial charge is 0.223 e. The van der Waals surface area contributed by atoms with E-state index in [9.17, 15) is 4.79 Å². The number of piperidine rings is 1. The standard InChI is InChI=1S/C16H20N4O.ClH/c1-16(2)7-14(21)20-9-11(3-4-13(16)20)15-12-8-17-5-6-19(12)10-18-15;/h5-6,8,10-11,13H,3-4,7,9H2,1-2H3;1H. The lowest BCUT2D eigenvalue weighted by atomic mass is 9.78. The van der Waals surface area contributed by atoms with Crippen molar-refractivity contribution < 1.29 is 22.1 Å². The number of carbonyl (C=O) groups excluding carboxylic acids is 1. The molecule has 0 spiro atoms. The Morgan fingerprint density at radius 2 is 2.18 bits per heavy atom. The highest BCUT2D eigenvalue weighted by Gasteiger charge is 2.49. The maximum Gasteiger partial charge on any atom is 0.223 e. The van der Waals surface area contributed by atoms with Crippen molar-refractivity contribution in [1.82, 2.24) is 4.90 Å². The second-order valence-electron chi connectivity index (χ2n) is 7.11. The minimum atomic E-state index is 0. The molecule has 0 bridgehead atoms. The van der Waals surface area contributed by atoms with E-state index in [4.69, 9.17) is 0 Å². The number of hydrogen-bond donors (Lipinski definition) is 1. The lowest BCUT2D eigenvalue weighted by molar-refractivity contribution is -0.682. The lowest BCUT2D eigenvalue weighted by Crippen LogP contribution is -3.04. The van der Waals surface area contributed by atoms with E-state index in [0.29, 0.717) is 24.3 Å². The van der Waals surface area contributed by atoms with Crippen LogP contribution in [0.3, 0.4) is 0 Å². The quantitative estimate of drug-likeness (QED) is 0.581. The van der Waals surface area contributed by atoms with Crippen LogP contribution in [-0.2, 0) is 4.79 Å². The zero-order valence-corrected chi connectivity index (χ0v) is 13.7. The van der Waals surface area contributed by atoms with Crippen LogP contribution in [0.25, 0.3) is 0 Å². The minimum Gasteiger partial charge on any atom is -1.00 e. The van der Waals surface area contributed by atoms with Crippen LogP contribution in [0.2, 0.25) is 0 Å². The summed E-state index contributed by atoms with van der Waals surface area (Å²) in [6.07, 6.45) is 10.5. The average molecular weight is 321 g/mol. The summed E-state index contributed by atoms with van der Waals surface area (Å²) in [4.78, 5) is 24.4. The highest BCUT2D eigenvalue weighted by atomic mass is 35.5. The number of aliphatic imine (C=N–C) groups is 2. The summed E-state index contributed by atoms with van der Waals surface area (Å²) in [5.74, 6) is 0.657. The maximum atomic E-state index is 12.3. The van der Waals surface area contributed by atoms with Crippen molar-refractivity contribution >= 4 is 18.5 Å². The van der Waals surface area contributed by atoms with E-state index in [1.807, 2.05) is 18.8 Å².